The molecule has 0 saturated carbocycles. The topological polar surface area (TPSA) is 41.1 Å². The highest BCUT2D eigenvalue weighted by Crippen LogP contribution is 2.12. The van der Waals surface area contributed by atoms with E-state index in [0.29, 0.717) is 12.6 Å². The van der Waals surface area contributed by atoms with Crippen molar-refractivity contribution in [3.05, 3.63) is 29.8 Å². The van der Waals surface area contributed by atoms with Crippen molar-refractivity contribution < 1.29 is 4.79 Å². The van der Waals surface area contributed by atoms with Crippen molar-refractivity contribution in [2.24, 2.45) is 0 Å². The molecule has 1 aromatic rings. The van der Waals surface area contributed by atoms with Gasteiger partial charge >= 0.3 is 0 Å². The largest absolute Gasteiger partial charge is 0.325 e. The van der Waals surface area contributed by atoms with Crippen LogP contribution in [-0.4, -0.2) is 30.0 Å². The van der Waals surface area contributed by atoms with Gasteiger partial charge in [0.2, 0.25) is 5.91 Å². The summed E-state index contributed by atoms with van der Waals surface area (Å²) in [5, 5.41) is 6.18. The first-order valence-corrected chi connectivity index (χ1v) is 7.95. The van der Waals surface area contributed by atoms with E-state index in [2.05, 4.69) is 24.5 Å². The first kappa shape index (κ1) is 16.1. The van der Waals surface area contributed by atoms with Crippen molar-refractivity contribution in [1.29, 1.82) is 0 Å². The number of thioether (sulfide) groups is 1. The third-order valence-electron chi connectivity index (χ3n) is 2.93. The quantitative estimate of drug-likeness (QED) is 0.719. The predicted octanol–water partition coefficient (Wildman–Crippen LogP) is 3.05. The number of aryl methyl sites for hydroxylation is 1. The predicted molar refractivity (Wildman–Crippen MR) is 84.9 cm³/mol. The fourth-order valence-corrected chi connectivity index (χ4v) is 2.49. The minimum absolute atomic E-state index is 0.0179. The van der Waals surface area contributed by atoms with Gasteiger partial charge in [-0.2, -0.15) is 11.8 Å². The van der Waals surface area contributed by atoms with Crippen molar-refractivity contribution in [1.82, 2.24) is 5.32 Å². The highest BCUT2D eigenvalue weighted by Gasteiger charge is 2.06. The van der Waals surface area contributed by atoms with Crippen LogP contribution in [0.15, 0.2) is 24.3 Å². The van der Waals surface area contributed by atoms with Crippen LogP contribution in [0.1, 0.15) is 25.8 Å². The fraction of sp³-hybridized carbons (Fsp3) is 0.533. The molecule has 106 valence electrons. The molecule has 0 spiro atoms. The summed E-state index contributed by atoms with van der Waals surface area (Å²) in [6.45, 7) is 6.65. The molecule has 1 rings (SSSR count). The molecule has 0 bridgehead atoms. The first-order valence-electron chi connectivity index (χ1n) is 6.80. The van der Waals surface area contributed by atoms with Gasteiger partial charge in [0, 0.05) is 11.7 Å². The van der Waals surface area contributed by atoms with Gasteiger partial charge in [-0.15, -0.1) is 0 Å². The van der Waals surface area contributed by atoms with Gasteiger partial charge in [0.05, 0.1) is 6.54 Å². The summed E-state index contributed by atoms with van der Waals surface area (Å²) in [5.74, 6) is 2.31. The Kier molecular flexibility index (Phi) is 7.60. The zero-order valence-electron chi connectivity index (χ0n) is 12.0. The van der Waals surface area contributed by atoms with Crippen LogP contribution in [0.5, 0.6) is 0 Å². The summed E-state index contributed by atoms with van der Waals surface area (Å²) in [7, 11) is 0. The van der Waals surface area contributed by atoms with E-state index in [-0.39, 0.29) is 5.91 Å². The summed E-state index contributed by atoms with van der Waals surface area (Å²) in [5.41, 5.74) is 1.98. The van der Waals surface area contributed by atoms with Gasteiger partial charge in [0.25, 0.3) is 0 Å². The third-order valence-corrected chi connectivity index (χ3v) is 3.86. The molecule has 1 aromatic carbocycles. The molecular weight excluding hydrogens is 256 g/mol. The molecule has 1 unspecified atom stereocenters. The number of amides is 1. The second-order valence-corrected chi connectivity index (χ2v) is 6.02. The van der Waals surface area contributed by atoms with Crippen molar-refractivity contribution in [3.63, 3.8) is 0 Å². The maximum atomic E-state index is 11.8. The highest BCUT2D eigenvalue weighted by atomic mass is 32.2. The lowest BCUT2D eigenvalue weighted by molar-refractivity contribution is -0.115. The minimum Gasteiger partial charge on any atom is -0.325 e. The molecule has 0 aliphatic heterocycles. The van der Waals surface area contributed by atoms with Gasteiger partial charge in [-0.3, -0.25) is 4.79 Å². The molecule has 0 fully saturated rings. The van der Waals surface area contributed by atoms with Crippen molar-refractivity contribution in [3.8, 4) is 0 Å². The summed E-state index contributed by atoms with van der Waals surface area (Å²) in [6.07, 6.45) is 1.09. The molecule has 0 saturated heterocycles. The van der Waals surface area contributed by atoms with E-state index < -0.39 is 0 Å². The Balaban J connectivity index is 2.26. The Morgan fingerprint density at radius 2 is 2.11 bits per heavy atom. The van der Waals surface area contributed by atoms with E-state index in [4.69, 9.17) is 0 Å². The minimum atomic E-state index is 0.0179. The Morgan fingerprint density at radius 1 is 1.37 bits per heavy atom. The van der Waals surface area contributed by atoms with Gasteiger partial charge in [-0.25, -0.2) is 0 Å². The Hall–Kier alpha value is -1.00. The zero-order valence-corrected chi connectivity index (χ0v) is 12.8. The van der Waals surface area contributed by atoms with Crippen LogP contribution < -0.4 is 10.6 Å². The average Bonchev–Trinajstić information content (AvgIpc) is 2.39. The van der Waals surface area contributed by atoms with Crippen molar-refractivity contribution in [2.75, 3.05) is 23.4 Å². The van der Waals surface area contributed by atoms with Crippen LogP contribution in [0.3, 0.4) is 0 Å². The standard InChI is InChI=1S/C15H24N2OS/c1-4-19-10-9-13(3)16-11-15(18)17-14-8-6-5-7-12(14)2/h5-8,13,16H,4,9-11H2,1-3H3,(H,17,18). The molecule has 0 heterocycles. The normalized spacial score (nSPS) is 12.2. The molecular formula is C15H24N2OS. The van der Waals surface area contributed by atoms with E-state index in [1.807, 2.05) is 43.0 Å². The van der Waals surface area contributed by atoms with Crippen LogP contribution in [0, 0.1) is 6.92 Å². The Labute approximate surface area is 120 Å². The molecule has 2 N–H and O–H groups in total. The highest BCUT2D eigenvalue weighted by molar-refractivity contribution is 7.99. The number of nitrogens with one attached hydrogen (secondary N) is 2. The first-order chi connectivity index (χ1) is 9.13. The van der Waals surface area contributed by atoms with E-state index in [1.165, 1.54) is 0 Å². The number of carbonyl (C=O) groups is 1. The lowest BCUT2D eigenvalue weighted by Gasteiger charge is -2.14. The molecule has 0 radical (unpaired) electrons. The number of hydrogen-bond donors (Lipinski definition) is 2. The van der Waals surface area contributed by atoms with Crippen LogP contribution in [0.4, 0.5) is 5.69 Å². The van der Waals surface area contributed by atoms with Crippen LogP contribution in [0.25, 0.3) is 0 Å². The van der Waals surface area contributed by atoms with Crippen molar-refractivity contribution in [2.45, 2.75) is 33.2 Å². The fourth-order valence-electron chi connectivity index (χ4n) is 1.68. The second kappa shape index (κ2) is 8.99. The summed E-state index contributed by atoms with van der Waals surface area (Å²) in [6, 6.07) is 8.20. The van der Waals surface area contributed by atoms with E-state index >= 15 is 0 Å². The molecule has 3 nitrogen and oxygen atoms in total. The van der Waals surface area contributed by atoms with Crippen LogP contribution in [-0.2, 0) is 4.79 Å². The number of rotatable bonds is 8. The Morgan fingerprint density at radius 3 is 2.79 bits per heavy atom. The summed E-state index contributed by atoms with van der Waals surface area (Å²) >= 11 is 1.93. The summed E-state index contributed by atoms with van der Waals surface area (Å²) in [4.78, 5) is 11.8. The van der Waals surface area contributed by atoms with Gasteiger partial charge < -0.3 is 10.6 Å². The molecule has 0 aliphatic rings. The van der Waals surface area contributed by atoms with E-state index in [9.17, 15) is 4.79 Å². The van der Waals surface area contributed by atoms with Crippen LogP contribution >= 0.6 is 11.8 Å². The lowest BCUT2D eigenvalue weighted by Crippen LogP contribution is -2.34. The van der Waals surface area contributed by atoms with Crippen LogP contribution in [0.2, 0.25) is 0 Å². The number of hydrogen-bond acceptors (Lipinski definition) is 3. The third kappa shape index (κ3) is 6.64. The van der Waals surface area contributed by atoms with Gasteiger partial charge in [0.15, 0.2) is 0 Å². The number of anilines is 1. The zero-order chi connectivity index (χ0) is 14.1. The molecule has 1 atom stereocenters. The maximum Gasteiger partial charge on any atom is 0.238 e. The molecule has 0 aliphatic carbocycles. The molecule has 19 heavy (non-hydrogen) atoms. The maximum absolute atomic E-state index is 11.8. The Bertz CT molecular complexity index is 395. The average molecular weight is 280 g/mol. The molecule has 0 aromatic heterocycles. The smallest absolute Gasteiger partial charge is 0.238 e. The van der Waals surface area contributed by atoms with Gasteiger partial charge in [-0.1, -0.05) is 25.1 Å². The number of benzene rings is 1. The lowest BCUT2D eigenvalue weighted by atomic mass is 10.2. The molecule has 4 heteroatoms. The van der Waals surface area contributed by atoms with E-state index in [0.717, 1.165) is 29.2 Å². The summed E-state index contributed by atoms with van der Waals surface area (Å²) < 4.78 is 0. The SMILES string of the molecule is CCSCCC(C)NCC(=O)Nc1ccccc1C. The van der Waals surface area contributed by atoms with Crippen molar-refractivity contribution >= 4 is 23.4 Å². The molecule has 1 amide bonds. The van der Waals surface area contributed by atoms with E-state index in [1.54, 1.807) is 0 Å². The van der Waals surface area contributed by atoms with Gasteiger partial charge in [-0.05, 0) is 43.4 Å². The number of para-hydroxylation sites is 1. The number of carbonyl (C=O) groups excluding carboxylic acids is 1. The second-order valence-electron chi connectivity index (χ2n) is 4.63. The van der Waals surface area contributed by atoms with Gasteiger partial charge in [0.1, 0.15) is 0 Å². The monoisotopic (exact) mass is 280 g/mol.